The average Bonchev–Trinajstić information content (AvgIpc) is 3.20. The molecule has 10 nitrogen and oxygen atoms in total. The van der Waals surface area contributed by atoms with Gasteiger partial charge in [-0.15, -0.1) is 18.3 Å². The van der Waals surface area contributed by atoms with E-state index in [2.05, 4.69) is 30.3 Å². The molecule has 2 heterocycles. The second kappa shape index (κ2) is 10.8. The Balaban J connectivity index is 1.86. The first-order valence-corrected chi connectivity index (χ1v) is 10.4. The maximum atomic E-state index is 12.6. The van der Waals surface area contributed by atoms with Gasteiger partial charge in [0.05, 0.1) is 18.0 Å². The minimum atomic E-state index is -4.82. The van der Waals surface area contributed by atoms with E-state index < -0.39 is 24.0 Å². The van der Waals surface area contributed by atoms with E-state index in [4.69, 9.17) is 4.74 Å². The van der Waals surface area contributed by atoms with Crippen LogP contribution in [0.4, 0.5) is 13.2 Å². The predicted molar refractivity (Wildman–Crippen MR) is 109 cm³/mol. The normalized spacial score (nSPS) is 11.2. The molecule has 0 atom stereocenters. The highest BCUT2D eigenvalue weighted by Crippen LogP contribution is 2.26. The molecule has 0 aliphatic carbocycles. The number of carbonyl (C=O) groups is 2. The maximum Gasteiger partial charge on any atom is 0.573 e. The predicted octanol–water partition coefficient (Wildman–Crippen LogP) is 2.54. The summed E-state index contributed by atoms with van der Waals surface area (Å²) in [6.07, 6.45) is -1.72. The number of rotatable bonds is 9. The van der Waals surface area contributed by atoms with Crippen LogP contribution in [0.25, 0.3) is 5.69 Å². The third kappa shape index (κ3) is 6.90. The first-order valence-electron chi connectivity index (χ1n) is 9.41. The molecule has 0 unspecified atom stereocenters. The third-order valence-electron chi connectivity index (χ3n) is 3.87. The highest BCUT2D eigenvalue weighted by Gasteiger charge is 2.31. The highest BCUT2D eigenvalue weighted by molar-refractivity contribution is 7.98. The van der Waals surface area contributed by atoms with E-state index in [1.807, 2.05) is 0 Å². The molecule has 3 aromatic rings. The van der Waals surface area contributed by atoms with Gasteiger partial charge >= 0.3 is 12.3 Å². The zero-order valence-electron chi connectivity index (χ0n) is 17.1. The minimum Gasteiger partial charge on any atom is -0.465 e. The SMILES string of the molecule is CCOC(=O)CNC(=O)c1nnn(-c2ccc(OC(F)(F)F)cc2)c1CSc1ncccn1. The van der Waals surface area contributed by atoms with E-state index in [1.165, 1.54) is 28.6 Å². The Morgan fingerprint density at radius 1 is 1.15 bits per heavy atom. The standard InChI is InChI=1S/C19H17F3N6O4S/c1-2-31-15(29)10-25-17(30)16-14(11-33-18-23-8-3-9-24-18)28(27-26-16)12-4-6-13(7-5-12)32-19(20,21)22/h3-9H,2,10-11H2,1H3,(H,25,30). The van der Waals surface area contributed by atoms with Crippen LogP contribution in [0.3, 0.4) is 0 Å². The van der Waals surface area contributed by atoms with Gasteiger partial charge in [0.25, 0.3) is 5.91 Å². The van der Waals surface area contributed by atoms with Crippen LogP contribution in [-0.4, -0.2) is 56.4 Å². The molecule has 0 fully saturated rings. The number of carbonyl (C=O) groups excluding carboxylic acids is 2. The first-order chi connectivity index (χ1) is 15.8. The second-order valence-electron chi connectivity index (χ2n) is 6.15. The molecule has 1 N–H and O–H groups in total. The number of thioether (sulfide) groups is 1. The summed E-state index contributed by atoms with van der Waals surface area (Å²) >= 11 is 1.19. The Hall–Kier alpha value is -3.68. The monoisotopic (exact) mass is 482 g/mol. The summed E-state index contributed by atoms with van der Waals surface area (Å²) in [6.45, 7) is 1.44. The zero-order chi connectivity index (χ0) is 23.8. The van der Waals surface area contributed by atoms with E-state index in [0.717, 1.165) is 12.1 Å². The molecule has 2 aromatic heterocycles. The summed E-state index contributed by atoms with van der Waals surface area (Å²) < 4.78 is 47.2. The fourth-order valence-electron chi connectivity index (χ4n) is 2.54. The topological polar surface area (TPSA) is 121 Å². The lowest BCUT2D eigenvalue weighted by Gasteiger charge is -2.11. The smallest absolute Gasteiger partial charge is 0.465 e. The van der Waals surface area contributed by atoms with Gasteiger partial charge in [0.15, 0.2) is 10.9 Å². The number of ether oxygens (including phenoxy) is 2. The van der Waals surface area contributed by atoms with E-state index >= 15 is 0 Å². The molecule has 33 heavy (non-hydrogen) atoms. The van der Waals surface area contributed by atoms with E-state index in [-0.39, 0.29) is 24.6 Å². The lowest BCUT2D eigenvalue weighted by Crippen LogP contribution is -2.31. The summed E-state index contributed by atoms with van der Waals surface area (Å²) in [5.74, 6) is -1.55. The van der Waals surface area contributed by atoms with Crippen LogP contribution in [0.1, 0.15) is 23.1 Å². The largest absolute Gasteiger partial charge is 0.573 e. The van der Waals surface area contributed by atoms with Gasteiger partial charge in [0, 0.05) is 18.1 Å². The van der Waals surface area contributed by atoms with Crippen molar-refractivity contribution < 1.29 is 32.2 Å². The van der Waals surface area contributed by atoms with Crippen LogP contribution in [0.5, 0.6) is 5.75 Å². The molecule has 0 bridgehead atoms. The molecule has 0 aliphatic heterocycles. The average molecular weight is 482 g/mol. The Bertz CT molecular complexity index is 1090. The van der Waals surface area contributed by atoms with E-state index in [0.29, 0.717) is 16.5 Å². The summed E-state index contributed by atoms with van der Waals surface area (Å²) in [5, 5.41) is 10.7. The van der Waals surface area contributed by atoms with Gasteiger partial charge in [-0.05, 0) is 37.3 Å². The molecular formula is C19H17F3N6O4S. The Labute approximate surface area is 189 Å². The molecule has 3 rings (SSSR count). The summed E-state index contributed by atoms with van der Waals surface area (Å²) in [4.78, 5) is 32.4. The molecule has 0 radical (unpaired) electrons. The van der Waals surface area contributed by atoms with Crippen molar-refractivity contribution in [3.63, 3.8) is 0 Å². The van der Waals surface area contributed by atoms with Crippen LogP contribution in [-0.2, 0) is 15.3 Å². The van der Waals surface area contributed by atoms with Crippen molar-refractivity contribution in [2.45, 2.75) is 24.2 Å². The maximum absolute atomic E-state index is 12.6. The number of aromatic nitrogens is 5. The van der Waals surface area contributed by atoms with Crippen molar-refractivity contribution in [2.24, 2.45) is 0 Å². The van der Waals surface area contributed by atoms with Gasteiger partial charge in [-0.1, -0.05) is 17.0 Å². The molecule has 0 aliphatic rings. The molecule has 0 spiro atoms. The molecule has 0 saturated carbocycles. The molecular weight excluding hydrogens is 465 g/mol. The van der Waals surface area contributed by atoms with Crippen molar-refractivity contribution in [1.82, 2.24) is 30.3 Å². The lowest BCUT2D eigenvalue weighted by atomic mass is 10.2. The highest BCUT2D eigenvalue weighted by atomic mass is 32.2. The summed E-state index contributed by atoms with van der Waals surface area (Å²) in [5.41, 5.74) is 0.586. The van der Waals surface area contributed by atoms with Gasteiger partial charge < -0.3 is 14.8 Å². The summed E-state index contributed by atoms with van der Waals surface area (Å²) in [6, 6.07) is 6.55. The van der Waals surface area contributed by atoms with Crippen LogP contribution < -0.4 is 10.1 Å². The van der Waals surface area contributed by atoms with E-state index in [1.54, 1.807) is 25.4 Å². The Morgan fingerprint density at radius 3 is 2.48 bits per heavy atom. The molecule has 0 saturated heterocycles. The molecule has 1 amide bonds. The van der Waals surface area contributed by atoms with Gasteiger partial charge in [0.1, 0.15) is 12.3 Å². The van der Waals surface area contributed by atoms with Crippen molar-refractivity contribution >= 4 is 23.6 Å². The number of amides is 1. The lowest BCUT2D eigenvalue weighted by molar-refractivity contribution is -0.274. The molecule has 14 heteroatoms. The first kappa shape index (κ1) is 24.0. The van der Waals surface area contributed by atoms with Gasteiger partial charge in [-0.25, -0.2) is 14.6 Å². The Kier molecular flexibility index (Phi) is 7.82. The molecule has 174 valence electrons. The fraction of sp³-hybridized carbons (Fsp3) is 0.263. The number of benzene rings is 1. The van der Waals surface area contributed by atoms with Crippen molar-refractivity contribution in [3.05, 3.63) is 54.1 Å². The van der Waals surface area contributed by atoms with Gasteiger partial charge in [-0.2, -0.15) is 0 Å². The minimum absolute atomic E-state index is 0.0710. The third-order valence-corrected chi connectivity index (χ3v) is 4.76. The fourth-order valence-corrected chi connectivity index (χ4v) is 3.34. The number of esters is 1. The van der Waals surface area contributed by atoms with Crippen LogP contribution in [0.15, 0.2) is 47.9 Å². The van der Waals surface area contributed by atoms with Crippen molar-refractivity contribution in [3.8, 4) is 11.4 Å². The van der Waals surface area contributed by atoms with Crippen LogP contribution in [0.2, 0.25) is 0 Å². The van der Waals surface area contributed by atoms with Crippen molar-refractivity contribution in [2.75, 3.05) is 13.2 Å². The second-order valence-corrected chi connectivity index (χ2v) is 7.09. The number of hydrogen-bond acceptors (Lipinski definition) is 9. The number of nitrogens with one attached hydrogen (secondary N) is 1. The van der Waals surface area contributed by atoms with Crippen molar-refractivity contribution in [1.29, 1.82) is 0 Å². The van der Waals surface area contributed by atoms with Gasteiger partial charge in [-0.3, -0.25) is 9.59 Å². The number of halogens is 3. The van der Waals surface area contributed by atoms with Crippen LogP contribution >= 0.6 is 11.8 Å². The quantitative estimate of drug-likeness (QED) is 0.279. The summed E-state index contributed by atoms with van der Waals surface area (Å²) in [7, 11) is 0. The molecule has 1 aromatic carbocycles. The van der Waals surface area contributed by atoms with Gasteiger partial charge in [0.2, 0.25) is 0 Å². The number of nitrogens with zero attached hydrogens (tertiary/aromatic N) is 5. The Morgan fingerprint density at radius 2 is 1.85 bits per heavy atom. The number of alkyl halides is 3. The van der Waals surface area contributed by atoms with Crippen LogP contribution in [0, 0.1) is 0 Å². The number of hydrogen-bond donors (Lipinski definition) is 1. The zero-order valence-corrected chi connectivity index (χ0v) is 17.9. The van der Waals surface area contributed by atoms with E-state index in [9.17, 15) is 22.8 Å².